The molecular formula is C7H8F2. The molecule has 0 saturated carbocycles. The van der Waals surface area contributed by atoms with Gasteiger partial charge in [0.2, 0.25) is 0 Å². The van der Waals surface area contributed by atoms with Crippen molar-refractivity contribution in [2.75, 3.05) is 7.18 Å². The maximum Gasteiger partial charge on any atom is 0.123 e. The smallest absolute Gasteiger partial charge is 0.123 e. The van der Waals surface area contributed by atoms with Crippen LogP contribution in [0.15, 0.2) is 30.3 Å². The molecule has 0 bridgehead atoms. The maximum absolute atomic E-state index is 11.9. The van der Waals surface area contributed by atoms with Crippen LogP contribution in [0.2, 0.25) is 0 Å². The van der Waals surface area contributed by atoms with Crippen molar-refractivity contribution in [1.82, 2.24) is 0 Å². The summed E-state index contributed by atoms with van der Waals surface area (Å²) < 4.78 is 21.4. The van der Waals surface area contributed by atoms with Gasteiger partial charge in [-0.25, -0.2) is 4.39 Å². The van der Waals surface area contributed by atoms with Gasteiger partial charge in [0, 0.05) is 0 Å². The van der Waals surface area contributed by atoms with E-state index in [1.54, 1.807) is 18.2 Å². The molecule has 0 radical (unpaired) electrons. The summed E-state index contributed by atoms with van der Waals surface area (Å²) in [6.07, 6.45) is 0. The molecule has 1 aromatic carbocycles. The maximum atomic E-state index is 11.9. The first-order valence-electron chi connectivity index (χ1n) is 2.48. The predicted octanol–water partition coefficient (Wildman–Crippen LogP) is 2.41. The Hall–Kier alpha value is -0.920. The van der Waals surface area contributed by atoms with E-state index >= 15 is 0 Å². The molecule has 0 N–H and O–H groups in total. The molecule has 2 heteroatoms. The van der Waals surface area contributed by atoms with Crippen LogP contribution in [0.5, 0.6) is 0 Å². The van der Waals surface area contributed by atoms with Gasteiger partial charge in [0.15, 0.2) is 0 Å². The van der Waals surface area contributed by atoms with Crippen molar-refractivity contribution in [2.24, 2.45) is 0 Å². The molecule has 0 aliphatic carbocycles. The zero-order chi connectivity index (χ0) is 7.11. The third kappa shape index (κ3) is 3.64. The molecule has 0 aromatic heterocycles. The van der Waals surface area contributed by atoms with Crippen LogP contribution in [0.4, 0.5) is 8.78 Å². The fraction of sp³-hybridized carbons (Fsp3) is 0.143. The highest BCUT2D eigenvalue weighted by Gasteiger charge is 1.77. The minimum Gasteiger partial charge on any atom is -0.255 e. The lowest BCUT2D eigenvalue weighted by molar-refractivity contribution is 0.628. The Morgan fingerprint density at radius 1 is 1.00 bits per heavy atom. The molecule has 0 heterocycles. The Morgan fingerprint density at radius 3 is 1.67 bits per heavy atom. The van der Waals surface area contributed by atoms with Gasteiger partial charge in [-0.15, -0.1) is 0 Å². The zero-order valence-electron chi connectivity index (χ0n) is 5.14. The van der Waals surface area contributed by atoms with Gasteiger partial charge in [0.25, 0.3) is 0 Å². The molecular weight excluding hydrogens is 122 g/mol. The van der Waals surface area contributed by atoms with E-state index in [9.17, 15) is 8.78 Å². The second-order valence-corrected chi connectivity index (χ2v) is 1.30. The summed E-state index contributed by atoms with van der Waals surface area (Å²) in [7, 11) is 0.500. The van der Waals surface area contributed by atoms with Crippen molar-refractivity contribution in [3.63, 3.8) is 0 Å². The van der Waals surface area contributed by atoms with Crippen molar-refractivity contribution >= 4 is 0 Å². The Labute approximate surface area is 53.1 Å². The molecule has 0 spiro atoms. The van der Waals surface area contributed by atoms with Gasteiger partial charge in [-0.05, 0) is 12.1 Å². The topological polar surface area (TPSA) is 0 Å². The normalized spacial score (nSPS) is 7.44. The van der Waals surface area contributed by atoms with Crippen LogP contribution in [0.25, 0.3) is 0 Å². The van der Waals surface area contributed by atoms with Gasteiger partial charge in [0.1, 0.15) is 5.82 Å². The summed E-state index contributed by atoms with van der Waals surface area (Å²) in [6, 6.07) is 7.94. The van der Waals surface area contributed by atoms with Crippen molar-refractivity contribution in [2.45, 2.75) is 0 Å². The summed E-state index contributed by atoms with van der Waals surface area (Å²) in [4.78, 5) is 0. The lowest BCUT2D eigenvalue weighted by Gasteiger charge is -1.78. The van der Waals surface area contributed by atoms with Gasteiger partial charge in [-0.3, -0.25) is 4.39 Å². The molecule has 0 saturated heterocycles. The van der Waals surface area contributed by atoms with E-state index in [-0.39, 0.29) is 5.82 Å². The lowest BCUT2D eigenvalue weighted by atomic mass is 10.4. The quantitative estimate of drug-likeness (QED) is 0.506. The molecule has 0 aliphatic heterocycles. The summed E-state index contributed by atoms with van der Waals surface area (Å²) in [6.45, 7) is 0. The third-order valence-electron chi connectivity index (χ3n) is 0.733. The van der Waals surface area contributed by atoms with E-state index in [1.807, 2.05) is 0 Å². The molecule has 1 rings (SSSR count). The highest BCUT2D eigenvalue weighted by molar-refractivity contribution is 5.02. The van der Waals surface area contributed by atoms with E-state index in [2.05, 4.69) is 0 Å². The van der Waals surface area contributed by atoms with Crippen molar-refractivity contribution in [3.8, 4) is 0 Å². The predicted molar refractivity (Wildman–Crippen MR) is 33.4 cm³/mol. The third-order valence-corrected chi connectivity index (χ3v) is 0.733. The average molecular weight is 130 g/mol. The second-order valence-electron chi connectivity index (χ2n) is 1.30. The molecule has 1 aromatic rings. The van der Waals surface area contributed by atoms with Gasteiger partial charge < -0.3 is 0 Å². The summed E-state index contributed by atoms with van der Waals surface area (Å²) in [5.74, 6) is -0.178. The lowest BCUT2D eigenvalue weighted by Crippen LogP contribution is -1.63. The highest BCUT2D eigenvalue weighted by Crippen LogP contribution is 1.91. The number of rotatable bonds is 0. The van der Waals surface area contributed by atoms with Gasteiger partial charge in [-0.1, -0.05) is 18.2 Å². The molecule has 0 amide bonds. The number of hydrogen-bond donors (Lipinski definition) is 0. The van der Waals surface area contributed by atoms with Crippen LogP contribution in [-0.4, -0.2) is 7.18 Å². The zero-order valence-corrected chi connectivity index (χ0v) is 5.14. The SMILES string of the molecule is CF.Fc1ccccc1. The van der Waals surface area contributed by atoms with Crippen LogP contribution in [-0.2, 0) is 0 Å². The minimum atomic E-state index is -0.178. The standard InChI is InChI=1S/C6H5F.CH3F/c7-6-4-2-1-3-5-6;1-2/h1-5H;1H3. The van der Waals surface area contributed by atoms with Gasteiger partial charge in [0.05, 0.1) is 7.18 Å². The number of benzene rings is 1. The van der Waals surface area contributed by atoms with E-state index < -0.39 is 0 Å². The highest BCUT2D eigenvalue weighted by atomic mass is 19.1. The van der Waals surface area contributed by atoms with Crippen LogP contribution >= 0.6 is 0 Å². The number of halogens is 2. The monoisotopic (exact) mass is 130 g/mol. The Bertz CT molecular complexity index is 137. The Balaban J connectivity index is 0.000000291. The average Bonchev–Trinajstić information content (AvgIpc) is 1.94. The van der Waals surface area contributed by atoms with Crippen molar-refractivity contribution < 1.29 is 8.78 Å². The Kier molecular flexibility index (Phi) is 4.69. The van der Waals surface area contributed by atoms with Gasteiger partial charge >= 0.3 is 0 Å². The van der Waals surface area contributed by atoms with E-state index in [0.29, 0.717) is 7.18 Å². The first-order valence-corrected chi connectivity index (χ1v) is 2.48. The molecule has 9 heavy (non-hydrogen) atoms. The molecule has 0 unspecified atom stereocenters. The van der Waals surface area contributed by atoms with E-state index in [4.69, 9.17) is 0 Å². The van der Waals surface area contributed by atoms with Crippen LogP contribution in [0.3, 0.4) is 0 Å². The largest absolute Gasteiger partial charge is 0.255 e. The second kappa shape index (κ2) is 5.22. The van der Waals surface area contributed by atoms with Crippen LogP contribution in [0, 0.1) is 5.82 Å². The van der Waals surface area contributed by atoms with Crippen LogP contribution < -0.4 is 0 Å². The first kappa shape index (κ1) is 8.08. The molecule has 0 aliphatic rings. The summed E-state index contributed by atoms with van der Waals surface area (Å²) in [5, 5.41) is 0. The fourth-order valence-electron chi connectivity index (χ4n) is 0.415. The molecule has 50 valence electrons. The van der Waals surface area contributed by atoms with Crippen molar-refractivity contribution in [3.05, 3.63) is 36.1 Å². The molecule has 0 fully saturated rings. The molecule has 0 atom stereocenters. The van der Waals surface area contributed by atoms with Crippen molar-refractivity contribution in [1.29, 1.82) is 0 Å². The van der Waals surface area contributed by atoms with Gasteiger partial charge in [-0.2, -0.15) is 0 Å². The Morgan fingerprint density at radius 2 is 1.44 bits per heavy atom. The number of hydrogen-bond acceptors (Lipinski definition) is 0. The van der Waals surface area contributed by atoms with Crippen LogP contribution in [0.1, 0.15) is 0 Å². The van der Waals surface area contributed by atoms with E-state index in [1.165, 1.54) is 12.1 Å². The molecule has 0 nitrogen and oxygen atoms in total. The first-order chi connectivity index (χ1) is 4.39. The van der Waals surface area contributed by atoms with E-state index in [0.717, 1.165) is 0 Å². The minimum absolute atomic E-state index is 0.178. The summed E-state index contributed by atoms with van der Waals surface area (Å²) >= 11 is 0. The fourth-order valence-corrected chi connectivity index (χ4v) is 0.415. The summed E-state index contributed by atoms with van der Waals surface area (Å²) in [5.41, 5.74) is 0. The number of alkyl halides is 1.